The molecule has 0 radical (unpaired) electrons. The molecule has 0 unspecified atom stereocenters. The lowest BCUT2D eigenvalue weighted by molar-refractivity contribution is -0.123. The Kier molecular flexibility index (Phi) is 6.04. The number of nitrogens with one attached hydrogen (secondary N) is 1. The van der Waals surface area contributed by atoms with Gasteiger partial charge in [-0.05, 0) is 30.7 Å². The molecule has 2 aromatic rings. The van der Waals surface area contributed by atoms with Crippen LogP contribution >= 0.6 is 11.8 Å². The molecule has 1 aliphatic rings. The first kappa shape index (κ1) is 19.9. The highest BCUT2D eigenvalue weighted by atomic mass is 32.2. The van der Waals surface area contributed by atoms with Crippen molar-refractivity contribution in [2.75, 3.05) is 31.3 Å². The third-order valence-corrected chi connectivity index (χ3v) is 5.48. The van der Waals surface area contributed by atoms with E-state index in [4.69, 9.17) is 0 Å². The molecule has 0 saturated heterocycles. The van der Waals surface area contributed by atoms with E-state index in [1.807, 2.05) is 37.3 Å². The van der Waals surface area contributed by atoms with Crippen molar-refractivity contribution in [1.82, 2.24) is 10.2 Å². The molecule has 0 aliphatic carbocycles. The third-order valence-electron chi connectivity index (χ3n) is 4.43. The van der Waals surface area contributed by atoms with E-state index in [0.29, 0.717) is 17.8 Å². The molecule has 1 heterocycles. The number of amides is 3. The van der Waals surface area contributed by atoms with Gasteiger partial charge in [-0.2, -0.15) is 0 Å². The number of fused-ring (bicyclic) bond motifs is 1. The molecule has 2 aromatic carbocycles. The largest absolute Gasteiger partial charge is 0.350 e. The molecule has 1 aliphatic heterocycles. The van der Waals surface area contributed by atoms with Gasteiger partial charge < -0.3 is 15.1 Å². The minimum Gasteiger partial charge on any atom is -0.350 e. The SMILES string of the molecule is Cc1cccc(CNC(=O)CN2C(=O)CSc3ccc(C(=O)N(C)C)cc32)c1. The van der Waals surface area contributed by atoms with Gasteiger partial charge in [0.25, 0.3) is 5.91 Å². The summed E-state index contributed by atoms with van der Waals surface area (Å²) >= 11 is 1.42. The van der Waals surface area contributed by atoms with Crippen LogP contribution in [-0.4, -0.2) is 49.0 Å². The molecule has 3 amide bonds. The van der Waals surface area contributed by atoms with E-state index in [1.165, 1.54) is 21.6 Å². The quantitative estimate of drug-likeness (QED) is 0.841. The third kappa shape index (κ3) is 4.54. The van der Waals surface area contributed by atoms with Crippen molar-refractivity contribution in [3.8, 4) is 0 Å². The number of carbonyl (C=O) groups excluding carboxylic acids is 3. The van der Waals surface area contributed by atoms with Crippen LogP contribution in [0.5, 0.6) is 0 Å². The normalized spacial score (nSPS) is 13.1. The first-order valence-corrected chi connectivity index (χ1v) is 9.95. The molecule has 146 valence electrons. The van der Waals surface area contributed by atoms with Crippen LogP contribution in [-0.2, 0) is 16.1 Å². The van der Waals surface area contributed by atoms with Crippen molar-refractivity contribution >= 4 is 35.2 Å². The summed E-state index contributed by atoms with van der Waals surface area (Å²) in [5.41, 5.74) is 3.24. The number of benzene rings is 2. The smallest absolute Gasteiger partial charge is 0.253 e. The van der Waals surface area contributed by atoms with Gasteiger partial charge in [0.1, 0.15) is 6.54 Å². The van der Waals surface area contributed by atoms with Crippen molar-refractivity contribution < 1.29 is 14.4 Å². The van der Waals surface area contributed by atoms with Gasteiger partial charge in [0.15, 0.2) is 0 Å². The predicted octanol–water partition coefficient (Wildman–Crippen LogP) is 2.45. The minimum atomic E-state index is -0.239. The number of aryl methyl sites for hydroxylation is 1. The Morgan fingerprint density at radius 3 is 2.68 bits per heavy atom. The van der Waals surface area contributed by atoms with E-state index in [9.17, 15) is 14.4 Å². The lowest BCUT2D eigenvalue weighted by Gasteiger charge is -2.29. The molecular formula is C21H23N3O3S. The molecule has 3 rings (SSSR count). The van der Waals surface area contributed by atoms with Gasteiger partial charge in [-0.3, -0.25) is 14.4 Å². The molecule has 0 fully saturated rings. The number of nitrogens with zero attached hydrogens (tertiary/aromatic N) is 2. The minimum absolute atomic E-state index is 0.0716. The molecule has 0 aromatic heterocycles. The Balaban J connectivity index is 1.74. The highest BCUT2D eigenvalue weighted by Gasteiger charge is 2.27. The number of thioether (sulfide) groups is 1. The zero-order valence-corrected chi connectivity index (χ0v) is 17.0. The van der Waals surface area contributed by atoms with Crippen LogP contribution in [0.3, 0.4) is 0 Å². The maximum atomic E-state index is 12.5. The van der Waals surface area contributed by atoms with Gasteiger partial charge in [-0.1, -0.05) is 29.8 Å². The maximum Gasteiger partial charge on any atom is 0.253 e. The van der Waals surface area contributed by atoms with Crippen LogP contribution in [0.1, 0.15) is 21.5 Å². The van der Waals surface area contributed by atoms with Gasteiger partial charge in [-0.25, -0.2) is 0 Å². The number of hydrogen-bond donors (Lipinski definition) is 1. The van der Waals surface area contributed by atoms with Crippen LogP contribution in [0.2, 0.25) is 0 Å². The highest BCUT2D eigenvalue weighted by Crippen LogP contribution is 2.36. The topological polar surface area (TPSA) is 69.7 Å². The molecule has 6 nitrogen and oxygen atoms in total. The molecule has 28 heavy (non-hydrogen) atoms. The summed E-state index contributed by atoms with van der Waals surface area (Å²) in [7, 11) is 3.36. The van der Waals surface area contributed by atoms with Crippen molar-refractivity contribution in [1.29, 1.82) is 0 Å². The Bertz CT molecular complexity index is 927. The second kappa shape index (κ2) is 8.48. The second-order valence-corrected chi connectivity index (χ2v) is 7.93. The summed E-state index contributed by atoms with van der Waals surface area (Å²) in [6, 6.07) is 13.2. The van der Waals surface area contributed by atoms with E-state index in [1.54, 1.807) is 26.2 Å². The van der Waals surface area contributed by atoms with Gasteiger partial charge in [0.05, 0.1) is 11.4 Å². The molecule has 0 spiro atoms. The Hall–Kier alpha value is -2.80. The average molecular weight is 398 g/mol. The average Bonchev–Trinajstić information content (AvgIpc) is 2.67. The van der Waals surface area contributed by atoms with Crippen molar-refractivity contribution in [3.63, 3.8) is 0 Å². The van der Waals surface area contributed by atoms with Gasteiger partial charge in [-0.15, -0.1) is 11.8 Å². The Labute approximate surface area is 168 Å². The number of carbonyl (C=O) groups is 3. The summed E-state index contributed by atoms with van der Waals surface area (Å²) in [6.07, 6.45) is 0. The molecule has 0 bridgehead atoms. The predicted molar refractivity (Wildman–Crippen MR) is 111 cm³/mol. The van der Waals surface area contributed by atoms with Crippen LogP contribution in [0, 0.1) is 6.92 Å². The lowest BCUT2D eigenvalue weighted by Crippen LogP contribution is -2.43. The van der Waals surface area contributed by atoms with Crippen LogP contribution in [0.4, 0.5) is 5.69 Å². The fraction of sp³-hybridized carbons (Fsp3) is 0.286. The monoisotopic (exact) mass is 397 g/mol. The van der Waals surface area contributed by atoms with Crippen molar-refractivity contribution in [2.45, 2.75) is 18.4 Å². The summed E-state index contributed by atoms with van der Waals surface area (Å²) < 4.78 is 0. The maximum absolute atomic E-state index is 12.5. The molecular weight excluding hydrogens is 374 g/mol. The fourth-order valence-electron chi connectivity index (χ4n) is 2.99. The van der Waals surface area contributed by atoms with E-state index in [0.717, 1.165) is 16.0 Å². The summed E-state index contributed by atoms with van der Waals surface area (Å²) in [6.45, 7) is 2.33. The van der Waals surface area contributed by atoms with Gasteiger partial charge in [0, 0.05) is 31.1 Å². The van der Waals surface area contributed by atoms with E-state index < -0.39 is 0 Å². The molecule has 1 N–H and O–H groups in total. The van der Waals surface area contributed by atoms with E-state index >= 15 is 0 Å². The van der Waals surface area contributed by atoms with Crippen molar-refractivity contribution in [2.24, 2.45) is 0 Å². The number of hydrogen-bond acceptors (Lipinski definition) is 4. The first-order valence-electron chi connectivity index (χ1n) is 8.96. The number of rotatable bonds is 5. The second-order valence-electron chi connectivity index (χ2n) is 6.92. The van der Waals surface area contributed by atoms with Crippen LogP contribution in [0.15, 0.2) is 47.4 Å². The Morgan fingerprint density at radius 2 is 1.96 bits per heavy atom. The van der Waals surface area contributed by atoms with E-state index in [-0.39, 0.29) is 30.0 Å². The number of anilines is 1. The zero-order chi connectivity index (χ0) is 20.3. The Morgan fingerprint density at radius 1 is 1.18 bits per heavy atom. The van der Waals surface area contributed by atoms with Crippen LogP contribution < -0.4 is 10.2 Å². The summed E-state index contributed by atoms with van der Waals surface area (Å²) in [4.78, 5) is 41.0. The highest BCUT2D eigenvalue weighted by molar-refractivity contribution is 8.00. The lowest BCUT2D eigenvalue weighted by atomic mass is 10.1. The molecule has 0 atom stereocenters. The molecule has 0 saturated carbocycles. The standard InChI is InChI=1S/C21H23N3O3S/c1-14-5-4-6-15(9-14)11-22-19(25)12-24-17-10-16(21(27)23(2)3)7-8-18(17)28-13-20(24)26/h4-10H,11-13H2,1-3H3,(H,22,25). The van der Waals surface area contributed by atoms with Gasteiger partial charge in [0.2, 0.25) is 11.8 Å². The summed E-state index contributed by atoms with van der Waals surface area (Å²) in [5, 5.41) is 2.87. The summed E-state index contributed by atoms with van der Waals surface area (Å²) in [5.74, 6) is -0.247. The molecule has 7 heteroatoms. The first-order chi connectivity index (χ1) is 13.3. The zero-order valence-electron chi connectivity index (χ0n) is 16.2. The van der Waals surface area contributed by atoms with Crippen molar-refractivity contribution in [3.05, 3.63) is 59.2 Å². The van der Waals surface area contributed by atoms with Gasteiger partial charge >= 0.3 is 0 Å². The fourth-order valence-corrected chi connectivity index (χ4v) is 3.91. The van der Waals surface area contributed by atoms with E-state index in [2.05, 4.69) is 5.32 Å². The van der Waals surface area contributed by atoms with Crippen LogP contribution in [0.25, 0.3) is 0 Å².